The van der Waals surface area contributed by atoms with E-state index in [1.807, 2.05) is 35.9 Å². The SMILES string of the molecule is Cc1nccn1-c1cc(Nc2ccc(NC(=O)Nc3ccc(Cl)cc3)cc2)ncn1. The number of carbonyl (C=O) groups is 1. The Morgan fingerprint density at radius 3 is 2.17 bits per heavy atom. The molecule has 0 saturated heterocycles. The normalized spacial score (nSPS) is 10.5. The van der Waals surface area contributed by atoms with Gasteiger partial charge in [0.1, 0.15) is 23.8 Å². The molecule has 8 nitrogen and oxygen atoms in total. The van der Waals surface area contributed by atoms with Crippen molar-refractivity contribution >= 4 is 40.5 Å². The lowest BCUT2D eigenvalue weighted by Gasteiger charge is -2.10. The monoisotopic (exact) mass is 419 g/mol. The Morgan fingerprint density at radius 1 is 0.900 bits per heavy atom. The summed E-state index contributed by atoms with van der Waals surface area (Å²) in [6.07, 6.45) is 5.06. The summed E-state index contributed by atoms with van der Waals surface area (Å²) in [5, 5.41) is 9.37. The topological polar surface area (TPSA) is 96.8 Å². The summed E-state index contributed by atoms with van der Waals surface area (Å²) in [5.74, 6) is 2.21. The van der Waals surface area contributed by atoms with Gasteiger partial charge >= 0.3 is 6.03 Å². The van der Waals surface area contributed by atoms with Crippen LogP contribution in [0.1, 0.15) is 5.82 Å². The van der Waals surface area contributed by atoms with Crippen LogP contribution in [0.3, 0.4) is 0 Å². The van der Waals surface area contributed by atoms with Crippen molar-refractivity contribution in [1.82, 2.24) is 19.5 Å². The van der Waals surface area contributed by atoms with Gasteiger partial charge in [-0.05, 0) is 55.5 Å². The number of rotatable bonds is 5. The lowest BCUT2D eigenvalue weighted by molar-refractivity contribution is 0.262. The molecule has 0 unspecified atom stereocenters. The highest BCUT2D eigenvalue weighted by molar-refractivity contribution is 6.30. The number of benzene rings is 2. The van der Waals surface area contributed by atoms with E-state index < -0.39 is 0 Å². The van der Waals surface area contributed by atoms with Crippen LogP contribution in [-0.2, 0) is 0 Å². The molecule has 30 heavy (non-hydrogen) atoms. The standard InChI is InChI=1S/C21H18ClN7O/c1-14-23-10-11-29(14)20-12-19(24-13-25-20)26-16-6-8-18(9-7-16)28-21(30)27-17-4-2-15(22)3-5-17/h2-13H,1H3,(H,24,25,26)(H2,27,28,30). The molecular weight excluding hydrogens is 402 g/mol. The highest BCUT2D eigenvalue weighted by Crippen LogP contribution is 2.19. The number of hydrogen-bond donors (Lipinski definition) is 3. The third kappa shape index (κ3) is 4.73. The van der Waals surface area contributed by atoms with E-state index in [9.17, 15) is 4.79 Å². The van der Waals surface area contributed by atoms with Crippen LogP contribution < -0.4 is 16.0 Å². The quantitative estimate of drug-likeness (QED) is 0.422. The molecule has 2 amide bonds. The summed E-state index contributed by atoms with van der Waals surface area (Å²) in [5.41, 5.74) is 2.14. The Kier molecular flexibility index (Phi) is 5.58. The van der Waals surface area contributed by atoms with Crippen molar-refractivity contribution in [3.63, 3.8) is 0 Å². The fourth-order valence-corrected chi connectivity index (χ4v) is 2.90. The third-order valence-corrected chi connectivity index (χ3v) is 4.49. The number of amides is 2. The second kappa shape index (κ2) is 8.62. The molecule has 0 aliphatic heterocycles. The summed E-state index contributed by atoms with van der Waals surface area (Å²) in [4.78, 5) is 24.9. The molecule has 2 heterocycles. The molecule has 4 aromatic rings. The lowest BCUT2D eigenvalue weighted by Crippen LogP contribution is -2.19. The van der Waals surface area contributed by atoms with Gasteiger partial charge in [-0.25, -0.2) is 19.7 Å². The van der Waals surface area contributed by atoms with E-state index in [2.05, 4.69) is 30.9 Å². The highest BCUT2D eigenvalue weighted by Gasteiger charge is 2.06. The molecule has 2 aromatic heterocycles. The van der Waals surface area contributed by atoms with Crippen LogP contribution in [0, 0.1) is 6.92 Å². The van der Waals surface area contributed by atoms with Crippen molar-refractivity contribution in [3.8, 4) is 5.82 Å². The second-order valence-electron chi connectivity index (χ2n) is 6.39. The first-order valence-electron chi connectivity index (χ1n) is 9.10. The number of imidazole rings is 1. The van der Waals surface area contributed by atoms with Gasteiger partial charge in [0.25, 0.3) is 0 Å². The van der Waals surface area contributed by atoms with Crippen molar-refractivity contribution in [3.05, 3.63) is 84.2 Å². The van der Waals surface area contributed by atoms with E-state index >= 15 is 0 Å². The van der Waals surface area contributed by atoms with Crippen LogP contribution in [-0.4, -0.2) is 25.6 Å². The molecule has 0 saturated carbocycles. The van der Waals surface area contributed by atoms with Crippen molar-refractivity contribution in [2.45, 2.75) is 6.92 Å². The largest absolute Gasteiger partial charge is 0.340 e. The molecule has 150 valence electrons. The van der Waals surface area contributed by atoms with Crippen molar-refractivity contribution < 1.29 is 4.79 Å². The highest BCUT2D eigenvalue weighted by atomic mass is 35.5. The smallest absolute Gasteiger partial charge is 0.323 e. The molecule has 0 aliphatic carbocycles. The second-order valence-corrected chi connectivity index (χ2v) is 6.83. The molecule has 3 N–H and O–H groups in total. The zero-order valence-corrected chi connectivity index (χ0v) is 16.8. The first-order valence-corrected chi connectivity index (χ1v) is 9.48. The van der Waals surface area contributed by atoms with Crippen LogP contribution >= 0.6 is 11.6 Å². The van der Waals surface area contributed by atoms with E-state index in [1.165, 1.54) is 6.33 Å². The molecular formula is C21H18ClN7O. The molecule has 0 atom stereocenters. The van der Waals surface area contributed by atoms with E-state index in [0.717, 1.165) is 17.3 Å². The Morgan fingerprint density at radius 2 is 1.53 bits per heavy atom. The number of halogens is 1. The predicted octanol–water partition coefficient (Wildman–Crippen LogP) is 5.01. The minimum Gasteiger partial charge on any atom is -0.340 e. The Labute approximate surface area is 178 Å². The number of aromatic nitrogens is 4. The van der Waals surface area contributed by atoms with Crippen molar-refractivity contribution in [1.29, 1.82) is 0 Å². The van der Waals surface area contributed by atoms with Gasteiger partial charge in [-0.3, -0.25) is 4.57 Å². The minimum atomic E-state index is -0.339. The molecule has 4 rings (SSSR count). The van der Waals surface area contributed by atoms with Crippen LogP contribution in [0.4, 0.5) is 27.7 Å². The maximum atomic E-state index is 12.1. The Bertz CT molecular complexity index is 1160. The minimum absolute atomic E-state index is 0.339. The van der Waals surface area contributed by atoms with Gasteiger partial charge in [-0.1, -0.05) is 11.6 Å². The maximum Gasteiger partial charge on any atom is 0.323 e. The number of anilines is 4. The number of carbonyl (C=O) groups excluding carboxylic acids is 1. The molecule has 9 heteroatoms. The molecule has 0 bridgehead atoms. The van der Waals surface area contributed by atoms with Gasteiger partial charge in [0.05, 0.1) is 0 Å². The average Bonchev–Trinajstić information content (AvgIpc) is 3.17. The molecule has 0 spiro atoms. The Hall–Kier alpha value is -3.91. The third-order valence-electron chi connectivity index (χ3n) is 4.24. The fourth-order valence-electron chi connectivity index (χ4n) is 2.78. The first-order chi connectivity index (χ1) is 14.6. The van der Waals surface area contributed by atoms with Gasteiger partial charge in [-0.2, -0.15) is 0 Å². The number of nitrogens with zero attached hydrogens (tertiary/aromatic N) is 4. The van der Waals surface area contributed by atoms with Gasteiger partial charge < -0.3 is 16.0 Å². The van der Waals surface area contributed by atoms with Crippen molar-refractivity contribution in [2.75, 3.05) is 16.0 Å². The summed E-state index contributed by atoms with van der Waals surface area (Å²) in [6, 6.07) is 15.7. The van der Waals surface area contributed by atoms with Gasteiger partial charge in [0.15, 0.2) is 0 Å². The van der Waals surface area contributed by atoms with Gasteiger partial charge in [0, 0.05) is 40.5 Å². The van der Waals surface area contributed by atoms with E-state index in [0.29, 0.717) is 22.2 Å². The van der Waals surface area contributed by atoms with E-state index in [-0.39, 0.29) is 6.03 Å². The summed E-state index contributed by atoms with van der Waals surface area (Å²) in [7, 11) is 0. The lowest BCUT2D eigenvalue weighted by atomic mass is 10.2. The summed E-state index contributed by atoms with van der Waals surface area (Å²) in [6.45, 7) is 1.91. The molecule has 2 aromatic carbocycles. The van der Waals surface area contributed by atoms with Crippen LogP contribution in [0.2, 0.25) is 5.02 Å². The Balaban J connectivity index is 1.38. The fraction of sp³-hybridized carbons (Fsp3) is 0.0476. The number of hydrogen-bond acceptors (Lipinski definition) is 5. The van der Waals surface area contributed by atoms with E-state index in [4.69, 9.17) is 11.6 Å². The predicted molar refractivity (Wildman–Crippen MR) is 118 cm³/mol. The zero-order chi connectivity index (χ0) is 20.9. The average molecular weight is 420 g/mol. The molecule has 0 aliphatic rings. The van der Waals surface area contributed by atoms with Crippen LogP contribution in [0.25, 0.3) is 5.82 Å². The van der Waals surface area contributed by atoms with Gasteiger partial charge in [-0.15, -0.1) is 0 Å². The van der Waals surface area contributed by atoms with Crippen LogP contribution in [0.15, 0.2) is 73.3 Å². The van der Waals surface area contributed by atoms with Gasteiger partial charge in [0.2, 0.25) is 0 Å². The summed E-state index contributed by atoms with van der Waals surface area (Å²) < 4.78 is 1.87. The number of urea groups is 1. The number of aryl methyl sites for hydroxylation is 1. The first kappa shape index (κ1) is 19.4. The van der Waals surface area contributed by atoms with Crippen molar-refractivity contribution in [2.24, 2.45) is 0 Å². The summed E-state index contributed by atoms with van der Waals surface area (Å²) >= 11 is 5.85. The maximum absolute atomic E-state index is 12.1. The number of nitrogens with one attached hydrogen (secondary N) is 3. The van der Waals surface area contributed by atoms with Crippen LogP contribution in [0.5, 0.6) is 0 Å². The molecule has 0 radical (unpaired) electrons. The molecule has 0 fully saturated rings. The van der Waals surface area contributed by atoms with E-state index in [1.54, 1.807) is 42.6 Å². The zero-order valence-electron chi connectivity index (χ0n) is 16.0.